The smallest absolute Gasteiger partial charge is 0.333 e. The molecule has 2 nitrogen and oxygen atoms in total. The van der Waals surface area contributed by atoms with Crippen molar-refractivity contribution >= 4 is 5.97 Å². The predicted molar refractivity (Wildman–Crippen MR) is 59.1 cm³/mol. The van der Waals surface area contributed by atoms with Crippen molar-refractivity contribution in [2.45, 2.75) is 53.6 Å². The Morgan fingerprint density at radius 3 is 2.36 bits per heavy atom. The highest BCUT2D eigenvalue weighted by atomic mass is 16.5. The SMILES string of the molecule is C=C(C)C(=O)OC(C)C(C)(C)CCC. The molecular formula is C12H22O2. The van der Waals surface area contributed by atoms with Gasteiger partial charge in [0, 0.05) is 11.0 Å². The molecule has 0 aromatic heterocycles. The first kappa shape index (κ1) is 13.2. The summed E-state index contributed by atoms with van der Waals surface area (Å²) in [5.41, 5.74) is 0.504. The maximum atomic E-state index is 11.3. The number of rotatable bonds is 5. The molecule has 0 fully saturated rings. The minimum Gasteiger partial charge on any atom is -0.459 e. The van der Waals surface area contributed by atoms with Gasteiger partial charge in [0.2, 0.25) is 0 Å². The van der Waals surface area contributed by atoms with Crippen LogP contribution in [0.4, 0.5) is 0 Å². The second-order valence-electron chi connectivity index (χ2n) is 4.57. The Morgan fingerprint density at radius 1 is 1.50 bits per heavy atom. The zero-order valence-corrected chi connectivity index (χ0v) is 10.0. The van der Waals surface area contributed by atoms with Gasteiger partial charge in [-0.2, -0.15) is 0 Å². The Bertz CT molecular complexity index is 216. The van der Waals surface area contributed by atoms with Crippen LogP contribution >= 0.6 is 0 Å². The number of carbonyl (C=O) groups is 1. The molecule has 0 aliphatic heterocycles. The first-order valence-corrected chi connectivity index (χ1v) is 5.17. The third kappa shape index (κ3) is 3.95. The summed E-state index contributed by atoms with van der Waals surface area (Å²) in [5, 5.41) is 0. The van der Waals surface area contributed by atoms with Gasteiger partial charge in [0.25, 0.3) is 0 Å². The van der Waals surface area contributed by atoms with Crippen LogP contribution in [0, 0.1) is 5.41 Å². The number of esters is 1. The predicted octanol–water partition coefficient (Wildman–Crippen LogP) is 3.32. The average Bonchev–Trinajstić information content (AvgIpc) is 2.03. The van der Waals surface area contributed by atoms with E-state index >= 15 is 0 Å². The van der Waals surface area contributed by atoms with E-state index < -0.39 is 0 Å². The molecule has 0 bridgehead atoms. The summed E-state index contributed by atoms with van der Waals surface area (Å²) in [5.74, 6) is -0.290. The molecule has 0 saturated carbocycles. The van der Waals surface area contributed by atoms with Crippen LogP contribution in [0.2, 0.25) is 0 Å². The van der Waals surface area contributed by atoms with E-state index in [1.54, 1.807) is 6.92 Å². The fraction of sp³-hybridized carbons (Fsp3) is 0.750. The molecular weight excluding hydrogens is 176 g/mol. The van der Waals surface area contributed by atoms with E-state index in [1.165, 1.54) is 0 Å². The lowest BCUT2D eigenvalue weighted by atomic mass is 9.83. The highest BCUT2D eigenvalue weighted by molar-refractivity contribution is 5.87. The average molecular weight is 198 g/mol. The minimum absolute atomic E-state index is 0.0415. The summed E-state index contributed by atoms with van der Waals surface area (Å²) in [4.78, 5) is 11.3. The largest absolute Gasteiger partial charge is 0.459 e. The number of hydrogen-bond donors (Lipinski definition) is 0. The normalized spacial score (nSPS) is 13.5. The first-order chi connectivity index (χ1) is 6.31. The van der Waals surface area contributed by atoms with Crippen molar-refractivity contribution in [2.75, 3.05) is 0 Å². The molecule has 0 aromatic carbocycles. The van der Waals surface area contributed by atoms with Crippen molar-refractivity contribution in [2.24, 2.45) is 5.41 Å². The molecule has 2 heteroatoms. The van der Waals surface area contributed by atoms with Crippen molar-refractivity contribution in [3.63, 3.8) is 0 Å². The lowest BCUT2D eigenvalue weighted by Crippen LogP contribution is -2.31. The molecule has 1 atom stereocenters. The highest BCUT2D eigenvalue weighted by Crippen LogP contribution is 2.29. The lowest BCUT2D eigenvalue weighted by Gasteiger charge is -2.31. The minimum atomic E-state index is -0.290. The zero-order valence-electron chi connectivity index (χ0n) is 10.0. The van der Waals surface area contributed by atoms with Crippen LogP contribution in [-0.2, 0) is 9.53 Å². The quantitative estimate of drug-likeness (QED) is 0.500. The Balaban J connectivity index is 4.26. The highest BCUT2D eigenvalue weighted by Gasteiger charge is 2.27. The molecule has 1 unspecified atom stereocenters. The summed E-state index contributed by atoms with van der Waals surface area (Å²) in [7, 11) is 0. The van der Waals surface area contributed by atoms with Crippen molar-refractivity contribution in [1.29, 1.82) is 0 Å². The summed E-state index contributed by atoms with van der Waals surface area (Å²) in [6.07, 6.45) is 2.09. The number of ether oxygens (including phenoxy) is 1. The second-order valence-corrected chi connectivity index (χ2v) is 4.57. The fourth-order valence-corrected chi connectivity index (χ4v) is 1.27. The van der Waals surface area contributed by atoms with Gasteiger partial charge in [-0.25, -0.2) is 4.79 Å². The molecule has 0 amide bonds. The van der Waals surface area contributed by atoms with Crippen LogP contribution in [0.25, 0.3) is 0 Å². The summed E-state index contributed by atoms with van der Waals surface area (Å²) in [6.45, 7) is 13.5. The third-order valence-electron chi connectivity index (χ3n) is 2.63. The number of hydrogen-bond acceptors (Lipinski definition) is 2. The molecule has 0 rings (SSSR count). The van der Waals surface area contributed by atoms with Gasteiger partial charge in [0.1, 0.15) is 6.10 Å². The van der Waals surface area contributed by atoms with Gasteiger partial charge < -0.3 is 4.74 Å². The number of carbonyl (C=O) groups excluding carboxylic acids is 1. The van der Waals surface area contributed by atoms with E-state index in [1.807, 2.05) is 6.92 Å². The molecule has 0 aliphatic carbocycles. The van der Waals surface area contributed by atoms with Gasteiger partial charge in [-0.15, -0.1) is 0 Å². The van der Waals surface area contributed by atoms with Crippen LogP contribution < -0.4 is 0 Å². The second kappa shape index (κ2) is 5.18. The van der Waals surface area contributed by atoms with Gasteiger partial charge in [-0.05, 0) is 20.3 Å². The van der Waals surface area contributed by atoms with Gasteiger partial charge >= 0.3 is 5.97 Å². The summed E-state index contributed by atoms with van der Waals surface area (Å²) < 4.78 is 5.29. The molecule has 0 saturated heterocycles. The van der Waals surface area contributed by atoms with Crippen molar-refractivity contribution in [3.8, 4) is 0 Å². The van der Waals surface area contributed by atoms with Crippen LogP contribution in [-0.4, -0.2) is 12.1 Å². The molecule has 0 radical (unpaired) electrons. The lowest BCUT2D eigenvalue weighted by molar-refractivity contribution is -0.149. The van der Waals surface area contributed by atoms with E-state index in [-0.39, 0.29) is 17.5 Å². The molecule has 0 aliphatic rings. The maximum absolute atomic E-state index is 11.3. The van der Waals surface area contributed by atoms with Crippen molar-refractivity contribution in [1.82, 2.24) is 0 Å². The molecule has 82 valence electrons. The Hall–Kier alpha value is -0.790. The fourth-order valence-electron chi connectivity index (χ4n) is 1.27. The van der Waals surface area contributed by atoms with E-state index in [0.29, 0.717) is 5.57 Å². The van der Waals surface area contributed by atoms with Crippen LogP contribution in [0.3, 0.4) is 0 Å². The molecule has 0 heterocycles. The summed E-state index contributed by atoms with van der Waals surface area (Å²) >= 11 is 0. The molecule has 0 aromatic rings. The van der Waals surface area contributed by atoms with E-state index in [0.717, 1.165) is 12.8 Å². The van der Waals surface area contributed by atoms with Gasteiger partial charge in [0.05, 0.1) is 0 Å². The van der Waals surface area contributed by atoms with Crippen molar-refractivity contribution < 1.29 is 9.53 Å². The van der Waals surface area contributed by atoms with E-state index in [2.05, 4.69) is 27.4 Å². The molecule has 0 N–H and O–H groups in total. The third-order valence-corrected chi connectivity index (χ3v) is 2.63. The van der Waals surface area contributed by atoms with E-state index in [9.17, 15) is 4.79 Å². The van der Waals surface area contributed by atoms with E-state index in [4.69, 9.17) is 4.74 Å². The van der Waals surface area contributed by atoms with Gasteiger partial charge in [-0.3, -0.25) is 0 Å². The summed E-state index contributed by atoms with van der Waals surface area (Å²) in [6, 6.07) is 0. The first-order valence-electron chi connectivity index (χ1n) is 5.17. The Labute approximate surface area is 87.3 Å². The Morgan fingerprint density at radius 2 is 2.00 bits per heavy atom. The van der Waals surface area contributed by atoms with Gasteiger partial charge in [-0.1, -0.05) is 33.8 Å². The van der Waals surface area contributed by atoms with Crippen LogP contribution in [0.5, 0.6) is 0 Å². The van der Waals surface area contributed by atoms with Gasteiger partial charge in [0.15, 0.2) is 0 Å². The topological polar surface area (TPSA) is 26.3 Å². The maximum Gasteiger partial charge on any atom is 0.333 e. The standard InChI is InChI=1S/C12H22O2/c1-7-8-12(5,6)10(4)14-11(13)9(2)3/h10H,2,7-8H2,1,3-6H3. The Kier molecular flexibility index (Phi) is 4.89. The van der Waals surface area contributed by atoms with Crippen LogP contribution in [0.1, 0.15) is 47.5 Å². The molecule has 0 spiro atoms. The monoisotopic (exact) mass is 198 g/mol. The molecule has 14 heavy (non-hydrogen) atoms. The van der Waals surface area contributed by atoms with Crippen LogP contribution in [0.15, 0.2) is 12.2 Å². The van der Waals surface area contributed by atoms with Crippen molar-refractivity contribution in [3.05, 3.63) is 12.2 Å². The zero-order chi connectivity index (χ0) is 11.4.